The van der Waals surface area contributed by atoms with Crippen molar-refractivity contribution in [3.8, 4) is 34.1 Å². The van der Waals surface area contributed by atoms with Gasteiger partial charge in [-0.3, -0.25) is 4.68 Å². The zero-order valence-electron chi connectivity index (χ0n) is 30.4. The maximum atomic E-state index is 6.66. The standard InChI is InChI=1S/C44H44N4O.Pd/c1-10-32-17-18-45-41(21-32)47-39-14-12-11-13-37(39)38-16-15-35(25-40(38)47)49-36-23-33(26(2)3)22-34(24-36)48-44(27(4)5)43(31(9)46-48)42-29(7)19-28(6)20-30(42)8;/h11-23,26-27H,10H2,1-9H3;/q-2;+2. The molecule has 0 saturated carbocycles. The molecule has 3 aromatic heterocycles. The average molecular weight is 751 g/mol. The number of aromatic nitrogens is 4. The predicted octanol–water partition coefficient (Wildman–Crippen LogP) is 11.5. The molecular weight excluding hydrogens is 707 g/mol. The molecule has 6 heteroatoms. The summed E-state index contributed by atoms with van der Waals surface area (Å²) < 4.78 is 10.9. The predicted molar refractivity (Wildman–Crippen MR) is 202 cm³/mol. The largest absolute Gasteiger partial charge is 2.00 e. The summed E-state index contributed by atoms with van der Waals surface area (Å²) in [6.07, 6.45) is 2.83. The first-order chi connectivity index (χ1) is 23.5. The van der Waals surface area contributed by atoms with Crippen molar-refractivity contribution in [2.45, 2.75) is 80.6 Å². The Labute approximate surface area is 310 Å². The topological polar surface area (TPSA) is 44.9 Å². The number of pyridine rings is 1. The first-order valence-corrected chi connectivity index (χ1v) is 17.4. The molecule has 0 unspecified atom stereocenters. The van der Waals surface area contributed by atoms with Crippen LogP contribution in [-0.2, 0) is 26.8 Å². The molecule has 0 aliphatic rings. The molecule has 0 fully saturated rings. The van der Waals surface area contributed by atoms with E-state index in [1.807, 2.05) is 12.3 Å². The second-order valence-electron chi connectivity index (χ2n) is 13.9. The van der Waals surface area contributed by atoms with Crippen LogP contribution in [-0.4, -0.2) is 19.3 Å². The van der Waals surface area contributed by atoms with Crippen molar-refractivity contribution in [3.63, 3.8) is 0 Å². The van der Waals surface area contributed by atoms with E-state index >= 15 is 0 Å². The summed E-state index contributed by atoms with van der Waals surface area (Å²) in [5, 5.41) is 7.43. The minimum absolute atomic E-state index is 0. The van der Waals surface area contributed by atoms with Crippen molar-refractivity contribution in [2.75, 3.05) is 0 Å². The van der Waals surface area contributed by atoms with Gasteiger partial charge in [0.1, 0.15) is 5.82 Å². The minimum Gasteiger partial charge on any atom is -0.509 e. The monoisotopic (exact) mass is 750 g/mol. The summed E-state index contributed by atoms with van der Waals surface area (Å²) in [7, 11) is 0. The Hall–Kier alpha value is -4.50. The Morgan fingerprint density at radius 2 is 1.50 bits per heavy atom. The molecule has 0 saturated heterocycles. The van der Waals surface area contributed by atoms with E-state index in [1.165, 1.54) is 39.1 Å². The van der Waals surface area contributed by atoms with E-state index in [0.29, 0.717) is 11.5 Å². The van der Waals surface area contributed by atoms with Gasteiger partial charge < -0.3 is 9.30 Å². The number of nitrogens with zero attached hydrogens (tertiary/aromatic N) is 4. The van der Waals surface area contributed by atoms with Crippen LogP contribution in [0.1, 0.15) is 85.7 Å². The van der Waals surface area contributed by atoms with Gasteiger partial charge >= 0.3 is 20.4 Å². The normalized spacial score (nSPS) is 11.6. The second kappa shape index (κ2) is 14.0. The van der Waals surface area contributed by atoms with Crippen molar-refractivity contribution in [1.29, 1.82) is 0 Å². The second-order valence-corrected chi connectivity index (χ2v) is 13.9. The van der Waals surface area contributed by atoms with Crippen LogP contribution in [0.15, 0.2) is 79.0 Å². The summed E-state index contributed by atoms with van der Waals surface area (Å²) in [4.78, 5) is 4.77. The SMILES string of the molecule is CCc1ccnc(-n2c3[c-]c(Oc4[c-]c(-n5nc(C)c(-c6c(C)cc(C)cc6C)c5C(C)C)cc(C(C)C)c4)ccc3c3ccccc32)c1.[Pd+2]. The molecule has 0 spiro atoms. The van der Waals surface area contributed by atoms with Gasteiger partial charge in [0.05, 0.1) is 11.4 Å². The molecule has 4 aromatic carbocycles. The van der Waals surface area contributed by atoms with Gasteiger partial charge in [-0.1, -0.05) is 76.0 Å². The van der Waals surface area contributed by atoms with Crippen LogP contribution in [0.3, 0.4) is 0 Å². The summed E-state index contributed by atoms with van der Waals surface area (Å²) in [5.41, 5.74) is 13.8. The zero-order chi connectivity index (χ0) is 34.6. The van der Waals surface area contributed by atoms with Crippen LogP contribution >= 0.6 is 0 Å². The van der Waals surface area contributed by atoms with E-state index in [9.17, 15) is 0 Å². The third kappa shape index (κ3) is 6.32. The number of hydrogen-bond donors (Lipinski definition) is 0. The number of rotatable bonds is 8. The van der Waals surface area contributed by atoms with E-state index in [2.05, 4.69) is 150 Å². The number of aryl methyl sites for hydroxylation is 5. The van der Waals surface area contributed by atoms with Crippen LogP contribution in [0.25, 0.3) is 44.4 Å². The van der Waals surface area contributed by atoms with Crippen molar-refractivity contribution in [3.05, 3.63) is 130 Å². The Morgan fingerprint density at radius 3 is 2.20 bits per heavy atom. The zero-order valence-corrected chi connectivity index (χ0v) is 31.9. The first kappa shape index (κ1) is 35.3. The number of benzene rings is 4. The molecule has 0 aliphatic heterocycles. The number of hydrogen-bond acceptors (Lipinski definition) is 3. The molecule has 3 heterocycles. The van der Waals surface area contributed by atoms with Gasteiger partial charge in [0, 0.05) is 28.8 Å². The quantitative estimate of drug-likeness (QED) is 0.115. The molecule has 5 nitrogen and oxygen atoms in total. The molecule has 256 valence electrons. The van der Waals surface area contributed by atoms with Crippen LogP contribution in [0.5, 0.6) is 11.5 Å². The fourth-order valence-corrected chi connectivity index (χ4v) is 7.29. The average Bonchev–Trinajstić information content (AvgIpc) is 3.58. The van der Waals surface area contributed by atoms with Gasteiger partial charge in [0.15, 0.2) is 0 Å². The number of ether oxygens (including phenoxy) is 1. The molecule has 50 heavy (non-hydrogen) atoms. The fraction of sp³-hybridized carbons (Fsp3) is 0.273. The number of para-hydroxylation sites is 1. The van der Waals surface area contributed by atoms with E-state index in [-0.39, 0.29) is 32.3 Å². The Bertz CT molecular complexity index is 2340. The summed E-state index contributed by atoms with van der Waals surface area (Å²) >= 11 is 0. The Morgan fingerprint density at radius 1 is 0.760 bits per heavy atom. The van der Waals surface area contributed by atoms with Crippen molar-refractivity contribution in [2.24, 2.45) is 0 Å². The molecule has 0 amide bonds. The molecule has 0 bridgehead atoms. The summed E-state index contributed by atoms with van der Waals surface area (Å²) in [6, 6.07) is 32.9. The van der Waals surface area contributed by atoms with Crippen molar-refractivity contribution < 1.29 is 25.2 Å². The Kier molecular flexibility index (Phi) is 9.91. The molecule has 7 aromatic rings. The fourth-order valence-electron chi connectivity index (χ4n) is 7.29. The van der Waals surface area contributed by atoms with E-state index in [4.69, 9.17) is 14.8 Å². The molecular formula is C44H44N4OPd. The molecule has 7 rings (SSSR count). The Balaban J connectivity index is 0.00000432. The number of fused-ring (bicyclic) bond motifs is 3. The molecule has 0 N–H and O–H groups in total. The van der Waals surface area contributed by atoms with Crippen LogP contribution < -0.4 is 4.74 Å². The smallest absolute Gasteiger partial charge is 0.509 e. The van der Waals surface area contributed by atoms with Gasteiger partial charge in [-0.2, -0.15) is 11.2 Å². The minimum atomic E-state index is 0. The third-order valence-electron chi connectivity index (χ3n) is 9.54. The van der Waals surface area contributed by atoms with Crippen LogP contribution in [0.4, 0.5) is 0 Å². The van der Waals surface area contributed by atoms with E-state index < -0.39 is 0 Å². The molecule has 0 atom stereocenters. The third-order valence-corrected chi connectivity index (χ3v) is 9.54. The summed E-state index contributed by atoms with van der Waals surface area (Å²) in [6.45, 7) is 19.8. The van der Waals surface area contributed by atoms with Gasteiger partial charge in [0.25, 0.3) is 0 Å². The summed E-state index contributed by atoms with van der Waals surface area (Å²) in [5.74, 6) is 2.65. The van der Waals surface area contributed by atoms with E-state index in [1.54, 1.807) is 0 Å². The first-order valence-electron chi connectivity index (χ1n) is 17.4. The van der Waals surface area contributed by atoms with Gasteiger partial charge in [0.2, 0.25) is 0 Å². The van der Waals surface area contributed by atoms with E-state index in [0.717, 1.165) is 51.0 Å². The maximum Gasteiger partial charge on any atom is 2.00 e. The molecule has 0 radical (unpaired) electrons. The molecule has 0 aliphatic carbocycles. The van der Waals surface area contributed by atoms with Gasteiger partial charge in [-0.05, 0) is 97.5 Å². The van der Waals surface area contributed by atoms with Crippen LogP contribution in [0.2, 0.25) is 0 Å². The van der Waals surface area contributed by atoms with Crippen LogP contribution in [0, 0.1) is 39.8 Å². The van der Waals surface area contributed by atoms with Gasteiger partial charge in [-0.15, -0.1) is 41.3 Å². The maximum absolute atomic E-state index is 6.66. The van der Waals surface area contributed by atoms with Gasteiger partial charge in [-0.25, -0.2) is 4.98 Å². The van der Waals surface area contributed by atoms with Crippen molar-refractivity contribution in [1.82, 2.24) is 19.3 Å². The van der Waals surface area contributed by atoms with Crippen molar-refractivity contribution >= 4 is 21.8 Å².